The van der Waals surface area contributed by atoms with Crippen LogP contribution in [0, 0.1) is 0 Å². The van der Waals surface area contributed by atoms with Crippen molar-refractivity contribution < 1.29 is 24.3 Å². The molecule has 4 atom stereocenters. The number of nitrogens with one attached hydrogen (secondary N) is 2. The van der Waals surface area contributed by atoms with Gasteiger partial charge in [-0.1, -0.05) is 66.2 Å². The van der Waals surface area contributed by atoms with Crippen molar-refractivity contribution in [1.29, 1.82) is 0 Å². The zero-order chi connectivity index (χ0) is 30.9. The number of benzene rings is 3. The summed E-state index contributed by atoms with van der Waals surface area (Å²) in [4.78, 5) is 54.1. The summed E-state index contributed by atoms with van der Waals surface area (Å²) in [5.74, 6) is -2.04. The van der Waals surface area contributed by atoms with E-state index in [4.69, 9.17) is 23.1 Å². The minimum Gasteiger partial charge on any atom is -0.508 e. The Labute approximate surface area is 255 Å². The number of rotatable bonds is 12. The lowest BCUT2D eigenvalue weighted by Crippen LogP contribution is -2.58. The fourth-order valence-corrected chi connectivity index (χ4v) is 5.29. The maximum Gasteiger partial charge on any atom is 0.243 e. The molecule has 1 fully saturated rings. The number of halogens is 1. The van der Waals surface area contributed by atoms with Crippen molar-refractivity contribution in [3.63, 3.8) is 0 Å². The Balaban J connectivity index is 1.48. The average Bonchev–Trinajstić information content (AvgIpc) is 3.49. The fourth-order valence-electron chi connectivity index (χ4n) is 5.17. The Morgan fingerprint density at radius 3 is 2.07 bits per heavy atom. The Bertz CT molecular complexity index is 1420. The quantitative estimate of drug-likeness (QED) is 0.211. The van der Waals surface area contributed by atoms with Crippen molar-refractivity contribution in [2.24, 2.45) is 11.5 Å². The smallest absolute Gasteiger partial charge is 0.243 e. The van der Waals surface area contributed by atoms with Crippen LogP contribution in [-0.4, -0.2) is 64.3 Å². The largest absolute Gasteiger partial charge is 0.508 e. The maximum absolute atomic E-state index is 13.6. The van der Waals surface area contributed by atoms with Crippen LogP contribution in [0.4, 0.5) is 0 Å². The minimum atomic E-state index is -1.06. The van der Waals surface area contributed by atoms with Gasteiger partial charge in [0.25, 0.3) is 0 Å². The molecule has 0 saturated carbocycles. The number of hydrogen-bond donors (Lipinski definition) is 5. The zero-order valence-corrected chi connectivity index (χ0v) is 24.4. The first kappa shape index (κ1) is 31.5. The van der Waals surface area contributed by atoms with Gasteiger partial charge in [0.15, 0.2) is 0 Å². The van der Waals surface area contributed by atoms with Crippen LogP contribution >= 0.6 is 11.6 Å². The molecule has 1 heterocycles. The van der Waals surface area contributed by atoms with Gasteiger partial charge in [0.1, 0.15) is 23.9 Å². The number of carbonyl (C=O) groups is 4. The summed E-state index contributed by atoms with van der Waals surface area (Å²) in [5, 5.41) is 15.6. The molecule has 0 aliphatic carbocycles. The number of nitrogens with two attached hydrogens (primary N) is 2. The molecule has 0 spiro atoms. The van der Waals surface area contributed by atoms with Crippen molar-refractivity contribution in [3.8, 4) is 5.75 Å². The van der Waals surface area contributed by atoms with Crippen molar-refractivity contribution >= 4 is 35.2 Å². The van der Waals surface area contributed by atoms with Gasteiger partial charge >= 0.3 is 0 Å². The SMILES string of the molecule is NC(=O)[C@H](Cc1ccccc1)NC(=O)[C@@H](Cc1ccc(Cl)cc1)NC(=O)[C@@H]1CCCN1C(=O)[C@@H](N)Cc1ccc(O)cc1. The molecule has 1 saturated heterocycles. The van der Waals surface area contributed by atoms with Gasteiger partial charge in [0.05, 0.1) is 6.04 Å². The van der Waals surface area contributed by atoms with E-state index in [-0.39, 0.29) is 30.9 Å². The molecule has 11 heteroatoms. The first-order chi connectivity index (χ1) is 20.6. The third kappa shape index (κ3) is 8.79. The van der Waals surface area contributed by atoms with E-state index in [0.717, 1.165) is 16.7 Å². The predicted octanol–water partition coefficient (Wildman–Crippen LogP) is 1.85. The average molecular weight is 606 g/mol. The number of carbonyl (C=O) groups excluding carboxylic acids is 4. The van der Waals surface area contributed by atoms with E-state index in [9.17, 15) is 24.3 Å². The van der Waals surface area contributed by atoms with E-state index in [0.29, 0.717) is 24.4 Å². The van der Waals surface area contributed by atoms with E-state index >= 15 is 0 Å². The highest BCUT2D eigenvalue weighted by Crippen LogP contribution is 2.21. The van der Waals surface area contributed by atoms with Crippen molar-refractivity contribution in [2.75, 3.05) is 6.54 Å². The van der Waals surface area contributed by atoms with E-state index < -0.39 is 41.9 Å². The summed E-state index contributed by atoms with van der Waals surface area (Å²) in [6, 6.07) is 18.7. The molecule has 0 radical (unpaired) electrons. The summed E-state index contributed by atoms with van der Waals surface area (Å²) < 4.78 is 0. The number of hydrogen-bond acceptors (Lipinski definition) is 6. The highest BCUT2D eigenvalue weighted by molar-refractivity contribution is 6.30. The topological polar surface area (TPSA) is 168 Å². The number of primary amides is 1. The lowest BCUT2D eigenvalue weighted by molar-refractivity contribution is -0.140. The van der Waals surface area contributed by atoms with Gasteiger partial charge in [0, 0.05) is 24.4 Å². The summed E-state index contributed by atoms with van der Waals surface area (Å²) in [6.45, 7) is 0.356. The predicted molar refractivity (Wildman–Crippen MR) is 163 cm³/mol. The molecular weight excluding hydrogens is 570 g/mol. The monoisotopic (exact) mass is 605 g/mol. The van der Waals surface area contributed by atoms with Crippen LogP contribution in [-0.2, 0) is 38.4 Å². The number of likely N-dealkylation sites (tertiary alicyclic amines) is 1. The van der Waals surface area contributed by atoms with Crippen LogP contribution in [0.15, 0.2) is 78.9 Å². The number of amides is 4. The molecule has 3 aromatic carbocycles. The summed E-state index contributed by atoms with van der Waals surface area (Å²) in [5.41, 5.74) is 14.2. The lowest BCUT2D eigenvalue weighted by Gasteiger charge is -2.29. The van der Waals surface area contributed by atoms with E-state index in [1.807, 2.05) is 30.3 Å². The van der Waals surface area contributed by atoms with Crippen LogP contribution in [0.25, 0.3) is 0 Å². The van der Waals surface area contributed by atoms with Crippen LogP contribution in [0.1, 0.15) is 29.5 Å². The Kier molecular flexibility index (Phi) is 10.7. The first-order valence-electron chi connectivity index (χ1n) is 14.1. The number of phenols is 1. The number of nitrogens with zero attached hydrogens (tertiary/aromatic N) is 1. The minimum absolute atomic E-state index is 0.110. The molecule has 1 aliphatic heterocycles. The molecule has 4 amide bonds. The van der Waals surface area contributed by atoms with Gasteiger partial charge in [0.2, 0.25) is 23.6 Å². The Morgan fingerprint density at radius 2 is 1.42 bits per heavy atom. The summed E-state index contributed by atoms with van der Waals surface area (Å²) >= 11 is 6.03. The summed E-state index contributed by atoms with van der Waals surface area (Å²) in [6.07, 6.45) is 1.56. The second-order valence-electron chi connectivity index (χ2n) is 10.7. The molecule has 0 aromatic heterocycles. The highest BCUT2D eigenvalue weighted by Gasteiger charge is 2.38. The van der Waals surface area contributed by atoms with Crippen LogP contribution < -0.4 is 22.1 Å². The van der Waals surface area contributed by atoms with Crippen molar-refractivity contribution in [1.82, 2.24) is 15.5 Å². The van der Waals surface area contributed by atoms with Crippen molar-refractivity contribution in [3.05, 3.63) is 101 Å². The van der Waals surface area contributed by atoms with Crippen LogP contribution in [0.5, 0.6) is 5.75 Å². The molecule has 0 unspecified atom stereocenters. The Hall–Kier alpha value is -4.41. The number of phenolic OH excluding ortho intramolecular Hbond substituents is 1. The molecule has 4 rings (SSSR count). The van der Waals surface area contributed by atoms with Gasteiger partial charge in [-0.3, -0.25) is 19.2 Å². The van der Waals surface area contributed by atoms with Crippen LogP contribution in [0.3, 0.4) is 0 Å². The number of aromatic hydroxyl groups is 1. The molecule has 0 bridgehead atoms. The molecule has 10 nitrogen and oxygen atoms in total. The lowest BCUT2D eigenvalue weighted by atomic mass is 10.0. The molecule has 1 aliphatic rings. The van der Waals surface area contributed by atoms with Gasteiger partial charge in [-0.25, -0.2) is 0 Å². The molecule has 7 N–H and O–H groups in total. The highest BCUT2D eigenvalue weighted by atomic mass is 35.5. The zero-order valence-electron chi connectivity index (χ0n) is 23.6. The van der Waals surface area contributed by atoms with Gasteiger partial charge in [-0.05, 0) is 60.2 Å². The molecular formula is C32H36ClN5O5. The standard InChI is InChI=1S/C32H36ClN5O5/c33-23-12-8-22(9-13-23)19-27(30(41)36-26(29(35)40)18-20-5-2-1-3-6-20)37-31(42)28-7-4-16-38(28)32(43)25(34)17-21-10-14-24(39)15-11-21/h1-3,5-6,8-15,25-28,39H,4,7,16-19,34H2,(H2,35,40)(H,36,41)(H,37,42)/t25-,26-,27+,28-/m0/s1. The van der Waals surface area contributed by atoms with E-state index in [1.54, 1.807) is 36.4 Å². The van der Waals surface area contributed by atoms with E-state index in [2.05, 4.69) is 10.6 Å². The van der Waals surface area contributed by atoms with Gasteiger partial charge in [-0.15, -0.1) is 0 Å². The maximum atomic E-state index is 13.6. The van der Waals surface area contributed by atoms with Crippen LogP contribution in [0.2, 0.25) is 5.02 Å². The third-order valence-electron chi connectivity index (χ3n) is 7.48. The normalized spacial score (nSPS) is 16.6. The van der Waals surface area contributed by atoms with E-state index in [1.165, 1.54) is 17.0 Å². The second kappa shape index (κ2) is 14.7. The fraction of sp³-hybridized carbons (Fsp3) is 0.312. The van der Waals surface area contributed by atoms with Gasteiger partial charge < -0.3 is 32.1 Å². The first-order valence-corrected chi connectivity index (χ1v) is 14.5. The molecule has 226 valence electrons. The summed E-state index contributed by atoms with van der Waals surface area (Å²) in [7, 11) is 0. The van der Waals surface area contributed by atoms with Crippen molar-refractivity contribution in [2.45, 2.75) is 56.3 Å². The molecule has 43 heavy (non-hydrogen) atoms. The molecule has 3 aromatic rings. The third-order valence-corrected chi connectivity index (χ3v) is 7.73. The Morgan fingerprint density at radius 1 is 0.837 bits per heavy atom. The van der Waals surface area contributed by atoms with Gasteiger partial charge in [-0.2, -0.15) is 0 Å². The second-order valence-corrected chi connectivity index (χ2v) is 11.1.